The van der Waals surface area contributed by atoms with E-state index in [1.54, 1.807) is 0 Å². The van der Waals surface area contributed by atoms with Gasteiger partial charge in [0.1, 0.15) is 5.69 Å². The maximum atomic E-state index is 6.23. The molecule has 0 saturated carbocycles. The lowest BCUT2D eigenvalue weighted by atomic mass is 10.0. The van der Waals surface area contributed by atoms with Crippen molar-refractivity contribution in [1.29, 1.82) is 0 Å². The molecular weight excluding hydrogens is 354 g/mol. The summed E-state index contributed by atoms with van der Waals surface area (Å²) in [7, 11) is 0. The minimum absolute atomic E-state index is 0.630. The second kappa shape index (κ2) is 6.01. The Morgan fingerprint density at radius 3 is 2.07 bits per heavy atom. The summed E-state index contributed by atoms with van der Waals surface area (Å²) in [5.74, 6) is 0. The van der Waals surface area contributed by atoms with E-state index in [0.717, 1.165) is 27.5 Å². The minimum Gasteiger partial charge on any atom is -0.397 e. The number of rotatable bonds is 2. The van der Waals surface area contributed by atoms with Crippen LogP contribution in [0.1, 0.15) is 0 Å². The summed E-state index contributed by atoms with van der Waals surface area (Å²) in [6.45, 7) is 0. The van der Waals surface area contributed by atoms with E-state index in [1.165, 1.54) is 27.6 Å². The molecule has 0 saturated heterocycles. The highest BCUT2D eigenvalue weighted by Crippen LogP contribution is 2.49. The lowest BCUT2D eigenvalue weighted by Gasteiger charge is -2.07. The monoisotopic (exact) mass is 371 g/mol. The van der Waals surface area contributed by atoms with Gasteiger partial charge >= 0.3 is 0 Å². The molecule has 0 aromatic heterocycles. The van der Waals surface area contributed by atoms with Crippen LogP contribution in [0.25, 0.3) is 43.8 Å². The average Bonchev–Trinajstić information content (AvgIpc) is 3.10. The third-order valence-corrected chi connectivity index (χ3v) is 5.71. The van der Waals surface area contributed by atoms with Crippen molar-refractivity contribution in [2.45, 2.75) is 0 Å². The Morgan fingerprint density at radius 1 is 0.517 bits per heavy atom. The van der Waals surface area contributed by atoms with Gasteiger partial charge in [-0.2, -0.15) is 0 Å². The first-order chi connectivity index (χ1) is 14.3. The number of nitrogens with zero attached hydrogens (tertiary/aromatic N) is 2. The zero-order valence-corrected chi connectivity index (χ0v) is 15.6. The Hall–Kier alpha value is -3.98. The van der Waals surface area contributed by atoms with Gasteiger partial charge in [0.2, 0.25) is 0 Å². The van der Waals surface area contributed by atoms with E-state index in [1.807, 2.05) is 36.4 Å². The molecule has 1 aliphatic carbocycles. The fourth-order valence-corrected chi connectivity index (χ4v) is 4.37. The van der Waals surface area contributed by atoms with Crippen molar-refractivity contribution < 1.29 is 0 Å². The molecule has 0 atom stereocenters. The fourth-order valence-electron chi connectivity index (χ4n) is 4.37. The van der Waals surface area contributed by atoms with E-state index in [4.69, 9.17) is 5.73 Å². The predicted molar refractivity (Wildman–Crippen MR) is 121 cm³/mol. The third kappa shape index (κ3) is 2.31. The van der Waals surface area contributed by atoms with E-state index in [9.17, 15) is 0 Å². The Labute approximate surface area is 168 Å². The summed E-state index contributed by atoms with van der Waals surface area (Å²) in [5.41, 5.74) is 13.5. The van der Waals surface area contributed by atoms with Crippen LogP contribution in [0.15, 0.2) is 101 Å². The first kappa shape index (κ1) is 16.0. The zero-order chi connectivity index (χ0) is 19.4. The van der Waals surface area contributed by atoms with Crippen molar-refractivity contribution in [2.24, 2.45) is 10.2 Å². The van der Waals surface area contributed by atoms with Crippen LogP contribution in [0.3, 0.4) is 0 Å². The van der Waals surface area contributed by atoms with Gasteiger partial charge in [0.15, 0.2) is 0 Å². The molecule has 0 unspecified atom stereocenters. The minimum atomic E-state index is 0.630. The van der Waals surface area contributed by atoms with Crippen molar-refractivity contribution in [3.05, 3.63) is 91.0 Å². The smallest absolute Gasteiger partial charge is 0.116 e. The van der Waals surface area contributed by atoms with Gasteiger partial charge in [-0.1, -0.05) is 78.9 Å². The van der Waals surface area contributed by atoms with Crippen LogP contribution in [-0.2, 0) is 0 Å². The summed E-state index contributed by atoms with van der Waals surface area (Å²) < 4.78 is 0. The molecule has 0 spiro atoms. The van der Waals surface area contributed by atoms with Gasteiger partial charge in [0.25, 0.3) is 0 Å². The normalized spacial score (nSPS) is 12.1. The van der Waals surface area contributed by atoms with Crippen molar-refractivity contribution in [3.8, 4) is 22.3 Å². The summed E-state index contributed by atoms with van der Waals surface area (Å²) in [5, 5.41) is 13.7. The first-order valence-corrected chi connectivity index (χ1v) is 9.66. The standard InChI is InChI=1S/C26H17N3/c27-23-14-12-16-6-1-2-7-17(16)26(23)29-28-24-15-13-21-19-9-4-3-8-18(19)20-10-5-11-22(24)25(20)21/h1-15H,27H2. The van der Waals surface area contributed by atoms with Crippen molar-refractivity contribution in [1.82, 2.24) is 0 Å². The fraction of sp³-hybridized carbons (Fsp3) is 0. The Balaban J connectivity index is 1.55. The lowest BCUT2D eigenvalue weighted by molar-refractivity contribution is 1.25. The van der Waals surface area contributed by atoms with E-state index in [2.05, 4.69) is 64.8 Å². The van der Waals surface area contributed by atoms with E-state index >= 15 is 0 Å². The molecule has 0 fully saturated rings. The van der Waals surface area contributed by atoms with Crippen LogP contribution < -0.4 is 5.73 Å². The maximum Gasteiger partial charge on any atom is 0.116 e. The van der Waals surface area contributed by atoms with Gasteiger partial charge in [0.05, 0.1) is 11.4 Å². The molecule has 2 N–H and O–H groups in total. The highest BCUT2D eigenvalue weighted by molar-refractivity contribution is 6.17. The van der Waals surface area contributed by atoms with Crippen LogP contribution in [0.4, 0.5) is 17.1 Å². The number of hydrogen-bond donors (Lipinski definition) is 1. The van der Waals surface area contributed by atoms with E-state index in [0.29, 0.717) is 5.69 Å². The molecule has 5 aromatic carbocycles. The largest absolute Gasteiger partial charge is 0.397 e. The molecule has 6 rings (SSSR count). The molecule has 3 heteroatoms. The molecule has 1 aliphatic rings. The average molecular weight is 371 g/mol. The van der Waals surface area contributed by atoms with Crippen molar-refractivity contribution in [2.75, 3.05) is 5.73 Å². The van der Waals surface area contributed by atoms with Crippen LogP contribution in [-0.4, -0.2) is 0 Å². The van der Waals surface area contributed by atoms with Crippen LogP contribution in [0.2, 0.25) is 0 Å². The van der Waals surface area contributed by atoms with Crippen molar-refractivity contribution in [3.63, 3.8) is 0 Å². The topological polar surface area (TPSA) is 50.7 Å². The molecular formula is C26H17N3. The molecule has 136 valence electrons. The number of fused-ring (bicyclic) bond motifs is 4. The molecule has 0 radical (unpaired) electrons. The molecule has 0 amide bonds. The SMILES string of the molecule is Nc1ccc2ccccc2c1N=Nc1ccc2c3c(cccc13)-c1ccccc1-2. The van der Waals surface area contributed by atoms with E-state index < -0.39 is 0 Å². The Bertz CT molecular complexity index is 1440. The molecule has 0 bridgehead atoms. The quantitative estimate of drug-likeness (QED) is 0.247. The molecule has 0 aliphatic heterocycles. The van der Waals surface area contributed by atoms with Gasteiger partial charge in [-0.15, -0.1) is 10.2 Å². The Morgan fingerprint density at radius 2 is 1.21 bits per heavy atom. The molecule has 0 heterocycles. The second-order valence-corrected chi connectivity index (χ2v) is 7.33. The first-order valence-electron chi connectivity index (χ1n) is 9.66. The summed E-state index contributed by atoms with van der Waals surface area (Å²) >= 11 is 0. The predicted octanol–water partition coefficient (Wildman–Crippen LogP) is 7.64. The maximum absolute atomic E-state index is 6.23. The van der Waals surface area contributed by atoms with Crippen LogP contribution >= 0.6 is 0 Å². The van der Waals surface area contributed by atoms with Gasteiger partial charge in [-0.3, -0.25) is 0 Å². The molecule has 29 heavy (non-hydrogen) atoms. The lowest BCUT2D eigenvalue weighted by Crippen LogP contribution is -1.86. The third-order valence-electron chi connectivity index (χ3n) is 5.71. The summed E-state index contributed by atoms with van der Waals surface area (Å²) in [6.07, 6.45) is 0. The number of nitrogen functional groups attached to an aromatic ring is 1. The van der Waals surface area contributed by atoms with Crippen LogP contribution in [0.5, 0.6) is 0 Å². The summed E-state index contributed by atoms with van der Waals surface area (Å²) in [4.78, 5) is 0. The Kier molecular flexibility index (Phi) is 3.32. The number of benzene rings is 5. The van der Waals surface area contributed by atoms with E-state index in [-0.39, 0.29) is 0 Å². The number of azo groups is 1. The molecule has 3 nitrogen and oxygen atoms in total. The zero-order valence-electron chi connectivity index (χ0n) is 15.6. The highest BCUT2D eigenvalue weighted by Gasteiger charge is 2.21. The van der Waals surface area contributed by atoms with Crippen molar-refractivity contribution >= 4 is 38.6 Å². The molecule has 5 aromatic rings. The van der Waals surface area contributed by atoms with Gasteiger partial charge in [0, 0.05) is 10.8 Å². The van der Waals surface area contributed by atoms with Gasteiger partial charge in [-0.25, -0.2) is 0 Å². The number of anilines is 1. The number of nitrogens with two attached hydrogens (primary N) is 1. The summed E-state index contributed by atoms with van der Waals surface area (Å²) in [6, 6.07) is 31.1. The highest BCUT2D eigenvalue weighted by atomic mass is 15.1. The van der Waals surface area contributed by atoms with Crippen LogP contribution in [0, 0.1) is 0 Å². The second-order valence-electron chi connectivity index (χ2n) is 7.33. The van der Waals surface area contributed by atoms with Gasteiger partial charge in [-0.05, 0) is 45.2 Å². The van der Waals surface area contributed by atoms with Gasteiger partial charge < -0.3 is 5.73 Å². The number of hydrogen-bond acceptors (Lipinski definition) is 3.